The first kappa shape index (κ1) is 8.84. The Hall–Kier alpha value is -1.25. The number of hydrogen-bond donors (Lipinski definition) is 2. The lowest BCUT2D eigenvalue weighted by atomic mass is 9.88. The van der Waals surface area contributed by atoms with E-state index >= 15 is 0 Å². The molecule has 0 saturated heterocycles. The summed E-state index contributed by atoms with van der Waals surface area (Å²) in [6.45, 7) is 6.21. The van der Waals surface area contributed by atoms with Crippen LogP contribution in [0.25, 0.3) is 0 Å². The smallest absolute Gasteiger partial charge is 0.271 e. The summed E-state index contributed by atoms with van der Waals surface area (Å²) in [5.74, 6) is 0. The fraction of sp³-hybridized carbons (Fsp3) is 0.444. The van der Waals surface area contributed by atoms with Crippen molar-refractivity contribution in [2.75, 3.05) is 5.73 Å². The number of nitrogen functional groups attached to an aromatic ring is 1. The quantitative estimate of drug-likeness (QED) is 0.609. The Morgan fingerprint density at radius 3 is 2.42 bits per heavy atom. The van der Waals surface area contributed by atoms with Crippen molar-refractivity contribution in [3.63, 3.8) is 0 Å². The highest BCUT2D eigenvalue weighted by molar-refractivity contribution is 5.39. The fourth-order valence-corrected chi connectivity index (χ4v) is 0.934. The average molecular weight is 166 g/mol. The first-order valence-corrected chi connectivity index (χ1v) is 3.90. The molecular formula is C9H14N2O. The van der Waals surface area contributed by atoms with Gasteiger partial charge in [0.25, 0.3) is 5.56 Å². The molecule has 0 spiro atoms. The Labute approximate surface area is 71.6 Å². The van der Waals surface area contributed by atoms with E-state index in [0.717, 1.165) is 5.56 Å². The molecule has 0 aliphatic carbocycles. The first-order valence-electron chi connectivity index (χ1n) is 3.90. The average Bonchev–Trinajstić information content (AvgIpc) is 1.92. The zero-order valence-electron chi connectivity index (χ0n) is 7.64. The van der Waals surface area contributed by atoms with Crippen molar-refractivity contribution in [2.24, 2.45) is 0 Å². The number of pyridine rings is 1. The van der Waals surface area contributed by atoms with Gasteiger partial charge in [-0.2, -0.15) is 0 Å². The molecule has 0 amide bonds. The van der Waals surface area contributed by atoms with E-state index in [1.807, 2.05) is 0 Å². The van der Waals surface area contributed by atoms with Gasteiger partial charge in [-0.1, -0.05) is 20.8 Å². The molecule has 0 aliphatic rings. The van der Waals surface area contributed by atoms with Crippen molar-refractivity contribution in [3.8, 4) is 0 Å². The molecule has 3 N–H and O–H groups in total. The maximum Gasteiger partial charge on any atom is 0.271 e. The summed E-state index contributed by atoms with van der Waals surface area (Å²) in [7, 11) is 0. The third kappa shape index (κ3) is 1.67. The van der Waals surface area contributed by atoms with Crippen molar-refractivity contribution >= 4 is 5.69 Å². The standard InChI is InChI=1S/C9H14N2O/c1-9(2,3)6-4-7(10)8(12)11-5-6/h4-5H,10H2,1-3H3,(H,11,12). The Morgan fingerprint density at radius 2 is 2.00 bits per heavy atom. The number of aromatic amines is 1. The maximum absolute atomic E-state index is 10.9. The number of nitrogens with two attached hydrogens (primary N) is 1. The molecule has 0 bridgehead atoms. The van der Waals surface area contributed by atoms with E-state index in [-0.39, 0.29) is 16.7 Å². The molecule has 3 heteroatoms. The normalized spacial score (nSPS) is 11.6. The summed E-state index contributed by atoms with van der Waals surface area (Å²) in [4.78, 5) is 13.5. The van der Waals surface area contributed by atoms with Gasteiger partial charge in [0.1, 0.15) is 0 Å². The van der Waals surface area contributed by atoms with Crippen molar-refractivity contribution in [2.45, 2.75) is 26.2 Å². The van der Waals surface area contributed by atoms with E-state index in [9.17, 15) is 4.79 Å². The summed E-state index contributed by atoms with van der Waals surface area (Å²) in [5.41, 5.74) is 6.60. The monoisotopic (exact) mass is 166 g/mol. The van der Waals surface area contributed by atoms with E-state index in [1.165, 1.54) is 0 Å². The highest BCUT2D eigenvalue weighted by Crippen LogP contribution is 2.21. The minimum atomic E-state index is -0.219. The predicted molar refractivity (Wildman–Crippen MR) is 50.2 cm³/mol. The molecule has 0 radical (unpaired) electrons. The van der Waals surface area contributed by atoms with Crippen LogP contribution in [-0.2, 0) is 5.41 Å². The molecule has 0 aliphatic heterocycles. The zero-order valence-corrected chi connectivity index (χ0v) is 7.64. The molecule has 0 atom stereocenters. The van der Waals surface area contributed by atoms with Crippen LogP contribution < -0.4 is 11.3 Å². The van der Waals surface area contributed by atoms with Gasteiger partial charge in [-0.05, 0) is 17.0 Å². The topological polar surface area (TPSA) is 58.9 Å². The minimum Gasteiger partial charge on any atom is -0.394 e. The molecular weight excluding hydrogens is 152 g/mol. The van der Waals surface area contributed by atoms with E-state index < -0.39 is 0 Å². The highest BCUT2D eigenvalue weighted by Gasteiger charge is 2.14. The Balaban J connectivity index is 3.23. The predicted octanol–water partition coefficient (Wildman–Crippen LogP) is 1.25. The summed E-state index contributed by atoms with van der Waals surface area (Å²) in [6, 6.07) is 1.72. The molecule has 0 saturated carbocycles. The van der Waals surface area contributed by atoms with Crippen molar-refractivity contribution in [3.05, 3.63) is 28.2 Å². The van der Waals surface area contributed by atoms with Crippen LogP contribution in [0.4, 0.5) is 5.69 Å². The molecule has 3 nitrogen and oxygen atoms in total. The molecule has 1 rings (SSSR count). The van der Waals surface area contributed by atoms with Gasteiger partial charge < -0.3 is 10.7 Å². The minimum absolute atomic E-state index is 0.0261. The number of H-pyrrole nitrogens is 1. The molecule has 0 unspecified atom stereocenters. The molecule has 12 heavy (non-hydrogen) atoms. The van der Waals surface area contributed by atoms with Gasteiger partial charge in [-0.25, -0.2) is 0 Å². The molecule has 66 valence electrons. The highest BCUT2D eigenvalue weighted by atomic mass is 16.1. The Bertz CT molecular complexity index is 333. The van der Waals surface area contributed by atoms with Crippen LogP contribution in [0.5, 0.6) is 0 Å². The van der Waals surface area contributed by atoms with Crippen molar-refractivity contribution < 1.29 is 0 Å². The zero-order chi connectivity index (χ0) is 9.35. The number of nitrogens with one attached hydrogen (secondary N) is 1. The lowest BCUT2D eigenvalue weighted by Gasteiger charge is -2.18. The van der Waals surface area contributed by atoms with Crippen LogP contribution in [-0.4, -0.2) is 4.98 Å². The fourth-order valence-electron chi connectivity index (χ4n) is 0.934. The number of hydrogen-bond acceptors (Lipinski definition) is 2. The number of rotatable bonds is 0. The van der Waals surface area contributed by atoms with E-state index in [2.05, 4.69) is 25.8 Å². The second-order valence-electron chi connectivity index (χ2n) is 3.92. The van der Waals surface area contributed by atoms with Gasteiger partial charge in [0.05, 0.1) is 5.69 Å². The van der Waals surface area contributed by atoms with Gasteiger partial charge in [-0.15, -0.1) is 0 Å². The van der Waals surface area contributed by atoms with Crippen molar-refractivity contribution in [1.29, 1.82) is 0 Å². The Kier molecular flexibility index (Phi) is 1.96. The van der Waals surface area contributed by atoms with E-state index in [4.69, 9.17) is 5.73 Å². The second kappa shape index (κ2) is 2.66. The Morgan fingerprint density at radius 1 is 1.42 bits per heavy atom. The molecule has 1 aromatic rings. The van der Waals surface area contributed by atoms with Gasteiger partial charge in [0.15, 0.2) is 0 Å². The van der Waals surface area contributed by atoms with Crippen LogP contribution in [0.15, 0.2) is 17.1 Å². The van der Waals surface area contributed by atoms with Crippen molar-refractivity contribution in [1.82, 2.24) is 4.98 Å². The van der Waals surface area contributed by atoms with Crippen LogP contribution in [0.3, 0.4) is 0 Å². The van der Waals surface area contributed by atoms with Crippen LogP contribution >= 0.6 is 0 Å². The first-order chi connectivity index (χ1) is 5.41. The lowest BCUT2D eigenvalue weighted by Crippen LogP contribution is -2.17. The van der Waals surface area contributed by atoms with Crippen LogP contribution in [0.2, 0.25) is 0 Å². The summed E-state index contributed by atoms with van der Waals surface area (Å²) in [6.07, 6.45) is 1.71. The van der Waals surface area contributed by atoms with Crippen LogP contribution in [0.1, 0.15) is 26.3 Å². The van der Waals surface area contributed by atoms with Gasteiger partial charge in [0.2, 0.25) is 0 Å². The molecule has 0 aromatic carbocycles. The SMILES string of the molecule is CC(C)(C)c1c[nH]c(=O)c(N)c1. The van der Waals surface area contributed by atoms with E-state index in [1.54, 1.807) is 12.3 Å². The second-order valence-corrected chi connectivity index (χ2v) is 3.92. The number of anilines is 1. The summed E-state index contributed by atoms with van der Waals surface area (Å²) >= 11 is 0. The molecule has 0 fully saturated rings. The third-order valence-electron chi connectivity index (χ3n) is 1.80. The van der Waals surface area contributed by atoms with Gasteiger partial charge in [0, 0.05) is 6.20 Å². The van der Waals surface area contributed by atoms with Crippen LogP contribution in [0, 0.1) is 0 Å². The van der Waals surface area contributed by atoms with Gasteiger partial charge >= 0.3 is 0 Å². The summed E-state index contributed by atoms with van der Waals surface area (Å²) < 4.78 is 0. The number of aromatic nitrogens is 1. The van der Waals surface area contributed by atoms with E-state index in [0.29, 0.717) is 0 Å². The summed E-state index contributed by atoms with van der Waals surface area (Å²) in [5, 5.41) is 0. The van der Waals surface area contributed by atoms with Gasteiger partial charge in [-0.3, -0.25) is 4.79 Å². The largest absolute Gasteiger partial charge is 0.394 e. The maximum atomic E-state index is 10.9. The molecule has 1 heterocycles. The lowest BCUT2D eigenvalue weighted by molar-refractivity contribution is 0.587. The third-order valence-corrected chi connectivity index (χ3v) is 1.80. The molecule has 1 aromatic heterocycles.